The highest BCUT2D eigenvalue weighted by Crippen LogP contribution is 2.52. The maximum absolute atomic E-state index is 2.47. The Balaban J connectivity index is 1.83. The van der Waals surface area contributed by atoms with Crippen molar-refractivity contribution >= 4 is 0 Å². The van der Waals surface area contributed by atoms with Gasteiger partial charge in [-0.1, -0.05) is 90.9 Å². The number of rotatable bonds is 3. The zero-order valence-electron chi connectivity index (χ0n) is 15.5. The first-order valence-corrected chi connectivity index (χ1v) is 9.61. The molecule has 0 nitrogen and oxygen atoms in total. The third-order valence-electron chi connectivity index (χ3n) is 6.23. The highest BCUT2D eigenvalue weighted by Gasteiger charge is 2.44. The molecule has 0 heteroatoms. The molecule has 0 N–H and O–H groups in total. The molecule has 1 fully saturated rings. The second-order valence-electron chi connectivity index (χ2n) is 8.11. The third kappa shape index (κ3) is 3.11. The molecule has 0 saturated heterocycles. The number of aryl methyl sites for hydroxylation is 2. The Morgan fingerprint density at radius 1 is 0.840 bits per heavy atom. The summed E-state index contributed by atoms with van der Waals surface area (Å²) in [6.45, 7) is 6.88. The maximum Gasteiger partial charge on any atom is 0.0126 e. The van der Waals surface area contributed by atoms with Crippen LogP contribution in [0.1, 0.15) is 41.5 Å². The fourth-order valence-corrected chi connectivity index (χ4v) is 5.20. The lowest BCUT2D eigenvalue weighted by atomic mass is 9.71. The SMILES string of the molecule is Cc1cccc(C(c2cccc(C)c2)C2C(C)CC3C=CC=CC32)c1. The summed E-state index contributed by atoms with van der Waals surface area (Å²) in [5, 5.41) is 0. The maximum atomic E-state index is 2.47. The summed E-state index contributed by atoms with van der Waals surface area (Å²) in [6, 6.07) is 18.3. The third-order valence-corrected chi connectivity index (χ3v) is 6.23. The van der Waals surface area contributed by atoms with Crippen LogP contribution in [0.3, 0.4) is 0 Å². The van der Waals surface area contributed by atoms with E-state index in [0.717, 1.165) is 5.92 Å². The largest absolute Gasteiger partial charge is 0.0808 e. The van der Waals surface area contributed by atoms with E-state index in [2.05, 4.69) is 93.6 Å². The van der Waals surface area contributed by atoms with E-state index in [1.165, 1.54) is 28.7 Å². The van der Waals surface area contributed by atoms with Gasteiger partial charge in [-0.25, -0.2) is 0 Å². The van der Waals surface area contributed by atoms with Crippen molar-refractivity contribution in [3.8, 4) is 0 Å². The van der Waals surface area contributed by atoms with Crippen LogP contribution in [0.15, 0.2) is 72.8 Å². The molecule has 1 saturated carbocycles. The van der Waals surface area contributed by atoms with Gasteiger partial charge in [0.2, 0.25) is 0 Å². The van der Waals surface area contributed by atoms with Gasteiger partial charge in [-0.3, -0.25) is 0 Å². The van der Waals surface area contributed by atoms with Gasteiger partial charge in [0.15, 0.2) is 0 Å². The number of fused-ring (bicyclic) bond motifs is 1. The Morgan fingerprint density at radius 3 is 2.04 bits per heavy atom. The molecule has 0 bridgehead atoms. The van der Waals surface area contributed by atoms with Gasteiger partial charge in [0.25, 0.3) is 0 Å². The smallest absolute Gasteiger partial charge is 0.0126 e. The molecule has 0 heterocycles. The average molecular weight is 328 g/mol. The second-order valence-corrected chi connectivity index (χ2v) is 8.11. The Hall–Kier alpha value is -2.08. The molecule has 2 aliphatic carbocycles. The summed E-state index contributed by atoms with van der Waals surface area (Å²) in [4.78, 5) is 0. The monoisotopic (exact) mass is 328 g/mol. The lowest BCUT2D eigenvalue weighted by Crippen LogP contribution is -2.24. The molecular formula is C25H28. The van der Waals surface area contributed by atoms with Crippen LogP contribution in [-0.2, 0) is 0 Å². The van der Waals surface area contributed by atoms with Crippen molar-refractivity contribution < 1.29 is 0 Å². The van der Waals surface area contributed by atoms with Crippen LogP contribution in [0, 0.1) is 37.5 Å². The lowest BCUT2D eigenvalue weighted by Gasteiger charge is -2.33. The van der Waals surface area contributed by atoms with Crippen molar-refractivity contribution in [3.63, 3.8) is 0 Å². The van der Waals surface area contributed by atoms with E-state index in [1.807, 2.05) is 0 Å². The van der Waals surface area contributed by atoms with Gasteiger partial charge in [-0.2, -0.15) is 0 Å². The molecule has 25 heavy (non-hydrogen) atoms. The Morgan fingerprint density at radius 2 is 1.44 bits per heavy atom. The van der Waals surface area contributed by atoms with E-state index in [4.69, 9.17) is 0 Å². The van der Waals surface area contributed by atoms with Gasteiger partial charge in [-0.15, -0.1) is 0 Å². The van der Waals surface area contributed by atoms with Crippen molar-refractivity contribution in [2.75, 3.05) is 0 Å². The van der Waals surface area contributed by atoms with E-state index in [1.54, 1.807) is 0 Å². The predicted molar refractivity (Wildman–Crippen MR) is 107 cm³/mol. The summed E-state index contributed by atoms with van der Waals surface area (Å²) < 4.78 is 0. The quantitative estimate of drug-likeness (QED) is 0.607. The van der Waals surface area contributed by atoms with Crippen molar-refractivity contribution in [3.05, 3.63) is 95.1 Å². The lowest BCUT2D eigenvalue weighted by molar-refractivity contribution is 0.322. The van der Waals surface area contributed by atoms with Crippen LogP contribution in [0.2, 0.25) is 0 Å². The van der Waals surface area contributed by atoms with E-state index < -0.39 is 0 Å². The number of benzene rings is 2. The summed E-state index contributed by atoms with van der Waals surface area (Å²) in [7, 11) is 0. The number of hydrogen-bond acceptors (Lipinski definition) is 0. The van der Waals surface area contributed by atoms with Gasteiger partial charge in [-0.05, 0) is 55.1 Å². The van der Waals surface area contributed by atoms with Crippen LogP contribution in [0.25, 0.3) is 0 Å². The van der Waals surface area contributed by atoms with Gasteiger partial charge in [0.05, 0.1) is 0 Å². The summed E-state index contributed by atoms with van der Waals surface area (Å²) in [5.41, 5.74) is 5.67. The molecule has 2 aliphatic rings. The average Bonchev–Trinajstić information content (AvgIpc) is 2.92. The normalized spacial score (nSPS) is 27.7. The van der Waals surface area contributed by atoms with Crippen molar-refractivity contribution in [2.24, 2.45) is 23.7 Å². The van der Waals surface area contributed by atoms with Crippen LogP contribution in [0.5, 0.6) is 0 Å². The van der Waals surface area contributed by atoms with Gasteiger partial charge < -0.3 is 0 Å². The minimum absolute atomic E-state index is 0.473. The molecule has 4 rings (SSSR count). The van der Waals surface area contributed by atoms with E-state index in [9.17, 15) is 0 Å². The highest BCUT2D eigenvalue weighted by atomic mass is 14.5. The molecule has 0 aromatic heterocycles. The Bertz CT molecular complexity index is 765. The highest BCUT2D eigenvalue weighted by molar-refractivity contribution is 5.39. The number of allylic oxidation sites excluding steroid dienone is 4. The molecule has 0 radical (unpaired) electrons. The predicted octanol–water partition coefficient (Wildman–Crippen LogP) is 6.45. The second kappa shape index (κ2) is 6.67. The fraction of sp³-hybridized carbons (Fsp3) is 0.360. The van der Waals surface area contributed by atoms with E-state index in [-0.39, 0.29) is 0 Å². The van der Waals surface area contributed by atoms with Crippen molar-refractivity contribution in [2.45, 2.75) is 33.1 Å². The number of hydrogen-bond donors (Lipinski definition) is 0. The van der Waals surface area contributed by atoms with Gasteiger partial charge in [0, 0.05) is 5.92 Å². The molecule has 128 valence electrons. The van der Waals surface area contributed by atoms with Crippen LogP contribution < -0.4 is 0 Å². The fourth-order valence-electron chi connectivity index (χ4n) is 5.20. The van der Waals surface area contributed by atoms with E-state index >= 15 is 0 Å². The molecule has 4 atom stereocenters. The minimum Gasteiger partial charge on any atom is -0.0808 e. The first-order valence-electron chi connectivity index (χ1n) is 9.61. The van der Waals surface area contributed by atoms with Crippen LogP contribution in [0.4, 0.5) is 0 Å². The Labute approximate surface area is 152 Å². The first-order chi connectivity index (χ1) is 12.1. The topological polar surface area (TPSA) is 0 Å². The molecule has 0 amide bonds. The summed E-state index contributed by atoms with van der Waals surface area (Å²) in [6.07, 6.45) is 10.7. The van der Waals surface area contributed by atoms with Gasteiger partial charge in [0.1, 0.15) is 0 Å². The molecule has 2 aromatic rings. The summed E-state index contributed by atoms with van der Waals surface area (Å²) in [5.74, 6) is 3.23. The summed E-state index contributed by atoms with van der Waals surface area (Å²) >= 11 is 0. The zero-order chi connectivity index (χ0) is 17.4. The van der Waals surface area contributed by atoms with Crippen LogP contribution >= 0.6 is 0 Å². The molecule has 2 aromatic carbocycles. The molecular weight excluding hydrogens is 300 g/mol. The van der Waals surface area contributed by atoms with Crippen molar-refractivity contribution in [1.29, 1.82) is 0 Å². The Kier molecular flexibility index (Phi) is 4.37. The molecule has 0 aliphatic heterocycles. The minimum atomic E-state index is 0.473. The van der Waals surface area contributed by atoms with Gasteiger partial charge >= 0.3 is 0 Å². The molecule has 4 unspecified atom stereocenters. The zero-order valence-corrected chi connectivity index (χ0v) is 15.5. The standard InChI is InChI=1S/C25H28/c1-17-8-6-11-21(14-17)25(22-12-7-9-18(2)15-22)24-19(3)16-20-10-4-5-13-23(20)24/h4-15,19-20,23-25H,16H2,1-3H3. The van der Waals surface area contributed by atoms with Crippen LogP contribution in [-0.4, -0.2) is 0 Å². The first kappa shape index (κ1) is 16.4. The molecule has 0 spiro atoms. The van der Waals surface area contributed by atoms with E-state index in [0.29, 0.717) is 23.7 Å². The van der Waals surface area contributed by atoms with Crippen molar-refractivity contribution in [1.82, 2.24) is 0 Å².